The standard InChI is InChI=1S/C40H65N5O7/c1-9-26(4)37(44(6)40(50)36(25(2)3)43-34(47)22-29-17-18-30(41)20-29)33(51-7)23-35(48)45-19-13-16-32(45)38(52-8)27(5)39(49)42-31(24-46)21-28-14-11-10-12-15-28/h10-12,14-15,24-27,29-33,36-38H,9,13,16-23,41H2,1-8H3,(H,42,49)(H,43,47)/t26-,27+,29?,30-,31-,32-,33+,36-,37-,38+/m0/s1. The molecule has 4 amide bonds. The number of hydrogen-bond acceptors (Lipinski definition) is 8. The number of ether oxygens (including phenoxy) is 2. The molecule has 292 valence electrons. The zero-order chi connectivity index (χ0) is 38.5. The summed E-state index contributed by atoms with van der Waals surface area (Å²) in [6.07, 6.45) is 5.09. The second-order valence-electron chi connectivity index (χ2n) is 15.5. The van der Waals surface area contributed by atoms with Crippen LogP contribution in [0.15, 0.2) is 30.3 Å². The highest BCUT2D eigenvalue weighted by atomic mass is 16.5. The first kappa shape index (κ1) is 43.1. The van der Waals surface area contributed by atoms with Gasteiger partial charge in [0, 0.05) is 40.3 Å². The van der Waals surface area contributed by atoms with Crippen molar-refractivity contribution in [3.05, 3.63) is 35.9 Å². The number of carbonyl (C=O) groups excluding carboxylic acids is 5. The molecule has 0 bridgehead atoms. The van der Waals surface area contributed by atoms with Gasteiger partial charge < -0.3 is 40.4 Å². The van der Waals surface area contributed by atoms with E-state index in [-0.39, 0.29) is 59.9 Å². The van der Waals surface area contributed by atoms with Crippen molar-refractivity contribution in [1.29, 1.82) is 0 Å². The Bertz CT molecular complexity index is 1310. The number of benzene rings is 1. The number of nitrogens with two attached hydrogens (primary N) is 1. The number of nitrogens with one attached hydrogen (secondary N) is 2. The number of amides is 4. The minimum atomic E-state index is -0.725. The van der Waals surface area contributed by atoms with Gasteiger partial charge in [0.25, 0.3) is 0 Å². The summed E-state index contributed by atoms with van der Waals surface area (Å²) in [5, 5.41) is 5.88. The van der Waals surface area contributed by atoms with Crippen LogP contribution in [0.4, 0.5) is 0 Å². The smallest absolute Gasteiger partial charge is 0.245 e. The molecule has 0 radical (unpaired) electrons. The zero-order valence-corrected chi connectivity index (χ0v) is 32.7. The summed E-state index contributed by atoms with van der Waals surface area (Å²) in [6, 6.07) is 7.42. The molecule has 1 aliphatic carbocycles. The lowest BCUT2D eigenvalue weighted by Crippen LogP contribution is -2.58. The molecule has 4 N–H and O–H groups in total. The first-order valence-electron chi connectivity index (χ1n) is 19.2. The number of carbonyl (C=O) groups is 5. The van der Waals surface area contributed by atoms with E-state index in [0.717, 1.165) is 44.0 Å². The van der Waals surface area contributed by atoms with Gasteiger partial charge in [0.05, 0.1) is 42.7 Å². The molecule has 10 atom stereocenters. The average Bonchev–Trinajstić information content (AvgIpc) is 3.78. The van der Waals surface area contributed by atoms with Gasteiger partial charge in [0.2, 0.25) is 23.6 Å². The van der Waals surface area contributed by atoms with Crippen LogP contribution in [0, 0.1) is 23.7 Å². The molecule has 2 fully saturated rings. The Kier molecular flexibility index (Phi) is 17.2. The summed E-state index contributed by atoms with van der Waals surface area (Å²) in [4.78, 5) is 70.1. The maximum Gasteiger partial charge on any atom is 0.245 e. The molecule has 2 aliphatic rings. The van der Waals surface area contributed by atoms with Crippen molar-refractivity contribution in [2.24, 2.45) is 29.4 Å². The second kappa shape index (κ2) is 20.8. The van der Waals surface area contributed by atoms with E-state index in [1.54, 1.807) is 38.0 Å². The summed E-state index contributed by atoms with van der Waals surface area (Å²) in [5.74, 6) is -1.39. The fourth-order valence-electron chi connectivity index (χ4n) is 8.15. The van der Waals surface area contributed by atoms with E-state index in [1.807, 2.05) is 58.0 Å². The second-order valence-corrected chi connectivity index (χ2v) is 15.5. The molecule has 12 nitrogen and oxygen atoms in total. The number of likely N-dealkylation sites (tertiary alicyclic amines) is 1. The van der Waals surface area contributed by atoms with Crippen LogP contribution in [-0.4, -0.2) is 110 Å². The van der Waals surface area contributed by atoms with Crippen LogP contribution in [0.1, 0.15) is 91.5 Å². The fraction of sp³-hybridized carbons (Fsp3) is 0.725. The largest absolute Gasteiger partial charge is 0.379 e. The van der Waals surface area contributed by atoms with Gasteiger partial charge in [0.15, 0.2) is 0 Å². The minimum Gasteiger partial charge on any atom is -0.379 e. The van der Waals surface area contributed by atoms with E-state index in [2.05, 4.69) is 10.6 Å². The normalized spacial score (nSPS) is 22.9. The van der Waals surface area contributed by atoms with Gasteiger partial charge in [-0.05, 0) is 61.8 Å². The third-order valence-electron chi connectivity index (χ3n) is 11.4. The number of aldehydes is 1. The minimum absolute atomic E-state index is 0.0124. The highest BCUT2D eigenvalue weighted by Gasteiger charge is 2.43. The molecule has 3 rings (SSSR count). The van der Waals surface area contributed by atoms with Crippen molar-refractivity contribution in [1.82, 2.24) is 20.4 Å². The Morgan fingerprint density at radius 1 is 1.02 bits per heavy atom. The molecule has 1 aromatic rings. The van der Waals surface area contributed by atoms with E-state index in [0.29, 0.717) is 25.8 Å². The van der Waals surface area contributed by atoms with Gasteiger partial charge in [-0.2, -0.15) is 0 Å². The lowest BCUT2D eigenvalue weighted by atomic mass is 9.89. The Labute approximate surface area is 311 Å². The number of nitrogens with zero attached hydrogens (tertiary/aromatic N) is 2. The highest BCUT2D eigenvalue weighted by molar-refractivity contribution is 5.88. The topological polar surface area (TPSA) is 160 Å². The lowest BCUT2D eigenvalue weighted by Gasteiger charge is -2.41. The molecule has 1 heterocycles. The van der Waals surface area contributed by atoms with Gasteiger partial charge in [-0.25, -0.2) is 0 Å². The molecule has 1 unspecified atom stereocenters. The summed E-state index contributed by atoms with van der Waals surface area (Å²) in [7, 11) is 4.84. The first-order chi connectivity index (χ1) is 24.8. The van der Waals surface area contributed by atoms with E-state index in [4.69, 9.17) is 15.2 Å². The lowest BCUT2D eigenvalue weighted by molar-refractivity contribution is -0.147. The Morgan fingerprint density at radius 2 is 1.71 bits per heavy atom. The molecule has 52 heavy (non-hydrogen) atoms. The van der Waals surface area contributed by atoms with Gasteiger partial charge >= 0.3 is 0 Å². The maximum absolute atomic E-state index is 14.1. The Balaban J connectivity index is 1.72. The van der Waals surface area contributed by atoms with Crippen LogP contribution in [0.3, 0.4) is 0 Å². The van der Waals surface area contributed by atoms with Crippen molar-refractivity contribution in [2.45, 2.75) is 135 Å². The van der Waals surface area contributed by atoms with Crippen molar-refractivity contribution in [3.8, 4) is 0 Å². The molecule has 1 saturated heterocycles. The van der Waals surface area contributed by atoms with Crippen LogP contribution in [-0.2, 0) is 39.9 Å². The predicted molar refractivity (Wildman–Crippen MR) is 201 cm³/mol. The predicted octanol–water partition coefficient (Wildman–Crippen LogP) is 3.49. The van der Waals surface area contributed by atoms with Crippen molar-refractivity contribution >= 4 is 29.9 Å². The summed E-state index contributed by atoms with van der Waals surface area (Å²) in [6.45, 7) is 10.2. The van der Waals surface area contributed by atoms with Crippen LogP contribution in [0.25, 0.3) is 0 Å². The molecule has 12 heteroatoms. The Morgan fingerprint density at radius 3 is 2.27 bits per heavy atom. The first-order valence-corrected chi connectivity index (χ1v) is 19.2. The molecule has 0 spiro atoms. The van der Waals surface area contributed by atoms with Gasteiger partial charge in [-0.15, -0.1) is 0 Å². The maximum atomic E-state index is 14.1. The van der Waals surface area contributed by atoms with Crippen molar-refractivity contribution in [3.63, 3.8) is 0 Å². The van der Waals surface area contributed by atoms with Crippen LogP contribution < -0.4 is 16.4 Å². The van der Waals surface area contributed by atoms with Gasteiger partial charge in [0.1, 0.15) is 12.3 Å². The zero-order valence-electron chi connectivity index (χ0n) is 32.7. The third-order valence-corrected chi connectivity index (χ3v) is 11.4. The van der Waals surface area contributed by atoms with Gasteiger partial charge in [-0.1, -0.05) is 71.4 Å². The van der Waals surface area contributed by atoms with E-state index in [9.17, 15) is 24.0 Å². The molecular formula is C40H65N5O7. The molecule has 1 aliphatic heterocycles. The van der Waals surface area contributed by atoms with Gasteiger partial charge in [-0.3, -0.25) is 19.2 Å². The number of hydrogen-bond donors (Lipinski definition) is 3. The number of likely N-dealkylation sites (N-methyl/N-ethyl adjacent to an activating group) is 1. The van der Waals surface area contributed by atoms with Crippen LogP contribution in [0.5, 0.6) is 0 Å². The quantitative estimate of drug-likeness (QED) is 0.172. The SMILES string of the molecule is CC[C@H](C)[C@@H]([C@@H](CC(=O)N1CCC[C@H]1[C@H](OC)[C@@H](C)C(=O)N[C@H](C=O)Cc1ccccc1)OC)N(C)C(=O)[C@@H](NC(=O)CC1CC[C@H](N)C1)C(C)C. The van der Waals surface area contributed by atoms with E-state index >= 15 is 0 Å². The number of methoxy groups -OCH3 is 2. The van der Waals surface area contributed by atoms with Crippen molar-refractivity contribution in [2.75, 3.05) is 27.8 Å². The fourth-order valence-corrected chi connectivity index (χ4v) is 8.15. The summed E-state index contributed by atoms with van der Waals surface area (Å²) >= 11 is 0. The third kappa shape index (κ3) is 11.6. The average molecular weight is 728 g/mol. The van der Waals surface area contributed by atoms with E-state index in [1.165, 1.54) is 0 Å². The van der Waals surface area contributed by atoms with Crippen molar-refractivity contribution < 1.29 is 33.4 Å². The van der Waals surface area contributed by atoms with E-state index < -0.39 is 36.3 Å². The van der Waals surface area contributed by atoms with Crippen LogP contribution in [0.2, 0.25) is 0 Å². The monoisotopic (exact) mass is 727 g/mol. The van der Waals surface area contributed by atoms with Crippen LogP contribution >= 0.6 is 0 Å². The Hall–Kier alpha value is -3.35. The highest BCUT2D eigenvalue weighted by Crippen LogP contribution is 2.30. The molecule has 0 aromatic heterocycles. The summed E-state index contributed by atoms with van der Waals surface area (Å²) < 4.78 is 11.9. The molecular weight excluding hydrogens is 662 g/mol. The molecule has 1 aromatic carbocycles. The summed E-state index contributed by atoms with van der Waals surface area (Å²) in [5.41, 5.74) is 7.00. The molecule has 1 saturated carbocycles. The number of rotatable bonds is 20.